The number of carbonyl (C=O) groups is 1. The Hall–Kier alpha value is -1.90. The van der Waals surface area contributed by atoms with Gasteiger partial charge in [-0.3, -0.25) is 4.72 Å². The fraction of sp³-hybridized carbons (Fsp3) is 0.500. The van der Waals surface area contributed by atoms with E-state index in [-0.39, 0.29) is 13.0 Å². The van der Waals surface area contributed by atoms with Crippen LogP contribution in [0.2, 0.25) is 0 Å². The highest BCUT2D eigenvalue weighted by Gasteiger charge is 2.35. The Morgan fingerprint density at radius 3 is 2.74 bits per heavy atom. The first-order valence-corrected chi connectivity index (χ1v) is 9.05. The van der Waals surface area contributed by atoms with E-state index < -0.39 is 28.5 Å². The predicted octanol–water partition coefficient (Wildman–Crippen LogP) is 2.00. The van der Waals surface area contributed by atoms with Crippen molar-refractivity contribution in [2.24, 2.45) is 0 Å². The van der Waals surface area contributed by atoms with Crippen molar-refractivity contribution in [1.29, 1.82) is 0 Å². The summed E-state index contributed by atoms with van der Waals surface area (Å²) < 4.78 is 50.7. The van der Waals surface area contributed by atoms with Gasteiger partial charge in [0.2, 0.25) is 10.0 Å². The van der Waals surface area contributed by atoms with Gasteiger partial charge in [0.25, 0.3) is 6.43 Å². The minimum Gasteiger partial charge on any atom is -0.334 e. The summed E-state index contributed by atoms with van der Waals surface area (Å²) in [5.41, 5.74) is 0.904. The van der Waals surface area contributed by atoms with Crippen LogP contribution in [-0.4, -0.2) is 44.6 Å². The normalized spacial score (nSPS) is 18.3. The first-order chi connectivity index (χ1) is 10.8. The topological polar surface area (TPSA) is 78.5 Å². The molecule has 23 heavy (non-hydrogen) atoms. The van der Waals surface area contributed by atoms with Crippen LogP contribution in [0.5, 0.6) is 0 Å². The molecule has 2 N–H and O–H groups in total. The molecule has 0 unspecified atom stereocenters. The SMILES string of the molecule is CS(=O)(=O)Nc1ccccc1CNC(=O)N1CCC[C@H]1C(F)F. The summed E-state index contributed by atoms with van der Waals surface area (Å²) in [5, 5.41) is 2.57. The monoisotopic (exact) mass is 347 g/mol. The highest BCUT2D eigenvalue weighted by Crippen LogP contribution is 2.23. The molecule has 9 heteroatoms. The fourth-order valence-corrected chi connectivity index (χ4v) is 3.15. The summed E-state index contributed by atoms with van der Waals surface area (Å²) in [6.45, 7) is 0.341. The zero-order valence-corrected chi connectivity index (χ0v) is 13.4. The van der Waals surface area contributed by atoms with Crippen LogP contribution in [0.15, 0.2) is 24.3 Å². The zero-order valence-electron chi connectivity index (χ0n) is 12.6. The Bertz CT molecular complexity index is 667. The molecular formula is C14H19F2N3O3S. The summed E-state index contributed by atoms with van der Waals surface area (Å²) in [6.07, 6.45) is -0.700. The molecule has 128 valence electrons. The number of alkyl halides is 2. The number of benzene rings is 1. The van der Waals surface area contributed by atoms with Gasteiger partial charge in [-0.15, -0.1) is 0 Å². The summed E-state index contributed by atoms with van der Waals surface area (Å²) in [4.78, 5) is 13.2. The van der Waals surface area contributed by atoms with Crippen molar-refractivity contribution in [1.82, 2.24) is 10.2 Å². The maximum absolute atomic E-state index is 12.9. The van der Waals surface area contributed by atoms with E-state index in [2.05, 4.69) is 10.0 Å². The number of carbonyl (C=O) groups excluding carboxylic acids is 1. The molecule has 0 radical (unpaired) electrons. The molecule has 1 aliphatic rings. The van der Waals surface area contributed by atoms with Gasteiger partial charge in [0.1, 0.15) is 0 Å². The molecule has 0 saturated carbocycles. The average molecular weight is 347 g/mol. The Kier molecular flexibility index (Phi) is 5.40. The number of sulfonamides is 1. The molecule has 0 spiro atoms. The standard InChI is InChI=1S/C14H19F2N3O3S/c1-23(21,22)18-11-6-3-2-5-10(11)9-17-14(20)19-8-4-7-12(19)13(15)16/h2-3,5-6,12-13,18H,4,7-9H2,1H3,(H,17,20)/t12-/m0/s1. The van der Waals surface area contributed by atoms with Crippen molar-refractivity contribution < 1.29 is 22.0 Å². The average Bonchev–Trinajstić information content (AvgIpc) is 2.94. The van der Waals surface area contributed by atoms with Crippen molar-refractivity contribution >= 4 is 21.7 Å². The van der Waals surface area contributed by atoms with Crippen molar-refractivity contribution in [3.05, 3.63) is 29.8 Å². The van der Waals surface area contributed by atoms with Crippen LogP contribution in [0.1, 0.15) is 18.4 Å². The Morgan fingerprint density at radius 2 is 2.09 bits per heavy atom. The van der Waals surface area contributed by atoms with Crippen LogP contribution in [0.4, 0.5) is 19.3 Å². The summed E-state index contributed by atoms with van der Waals surface area (Å²) >= 11 is 0. The van der Waals surface area contributed by atoms with Gasteiger partial charge in [0.15, 0.2) is 0 Å². The highest BCUT2D eigenvalue weighted by molar-refractivity contribution is 7.92. The number of hydrogen-bond acceptors (Lipinski definition) is 3. The lowest BCUT2D eigenvalue weighted by atomic mass is 10.2. The van der Waals surface area contributed by atoms with Gasteiger partial charge in [0.05, 0.1) is 18.0 Å². The third-order valence-electron chi connectivity index (χ3n) is 3.59. The molecule has 1 saturated heterocycles. The maximum atomic E-state index is 12.9. The van der Waals surface area contributed by atoms with Gasteiger partial charge >= 0.3 is 6.03 Å². The number of amides is 2. The van der Waals surface area contributed by atoms with E-state index in [1.54, 1.807) is 24.3 Å². The van der Waals surface area contributed by atoms with Crippen molar-refractivity contribution in [3.8, 4) is 0 Å². The smallest absolute Gasteiger partial charge is 0.318 e. The molecular weight excluding hydrogens is 328 g/mol. The van der Waals surface area contributed by atoms with Crippen molar-refractivity contribution in [2.45, 2.75) is 31.9 Å². The minimum atomic E-state index is -3.45. The third kappa shape index (κ3) is 4.78. The zero-order chi connectivity index (χ0) is 17.0. The number of nitrogens with one attached hydrogen (secondary N) is 2. The Labute approximate surface area is 133 Å². The molecule has 1 aromatic rings. The van der Waals surface area contributed by atoms with Crippen LogP contribution >= 0.6 is 0 Å². The van der Waals surface area contributed by atoms with E-state index >= 15 is 0 Å². The number of nitrogens with zero attached hydrogens (tertiary/aromatic N) is 1. The molecule has 1 heterocycles. The highest BCUT2D eigenvalue weighted by atomic mass is 32.2. The Balaban J connectivity index is 2.02. The number of halogens is 2. The van der Waals surface area contributed by atoms with Gasteiger partial charge in [-0.05, 0) is 24.5 Å². The van der Waals surface area contributed by atoms with Crippen LogP contribution in [0, 0.1) is 0 Å². The molecule has 2 amide bonds. The number of urea groups is 1. The number of anilines is 1. The molecule has 2 rings (SSSR count). The largest absolute Gasteiger partial charge is 0.334 e. The number of rotatable bonds is 5. The first kappa shape index (κ1) is 17.5. The van der Waals surface area contributed by atoms with E-state index in [9.17, 15) is 22.0 Å². The van der Waals surface area contributed by atoms with Crippen molar-refractivity contribution in [2.75, 3.05) is 17.5 Å². The lowest BCUT2D eigenvalue weighted by molar-refractivity contribution is 0.0606. The lowest BCUT2D eigenvalue weighted by Gasteiger charge is -2.24. The summed E-state index contributed by atoms with van der Waals surface area (Å²) in [5.74, 6) is 0. The molecule has 1 fully saturated rings. The number of para-hydroxylation sites is 1. The van der Waals surface area contributed by atoms with Gasteiger partial charge in [0, 0.05) is 13.1 Å². The second-order valence-corrected chi connectivity index (χ2v) is 7.18. The Morgan fingerprint density at radius 1 is 1.39 bits per heavy atom. The van der Waals surface area contributed by atoms with Gasteiger partial charge < -0.3 is 10.2 Å². The van der Waals surface area contributed by atoms with Crippen LogP contribution in [-0.2, 0) is 16.6 Å². The summed E-state index contributed by atoms with van der Waals surface area (Å²) in [7, 11) is -3.45. The maximum Gasteiger partial charge on any atom is 0.318 e. The van der Waals surface area contributed by atoms with Crippen LogP contribution in [0.3, 0.4) is 0 Å². The second-order valence-electron chi connectivity index (χ2n) is 5.43. The molecule has 6 nitrogen and oxygen atoms in total. The number of hydrogen-bond donors (Lipinski definition) is 2. The molecule has 0 aliphatic carbocycles. The van der Waals surface area contributed by atoms with E-state index in [0.717, 1.165) is 11.2 Å². The second kappa shape index (κ2) is 7.12. The quantitative estimate of drug-likeness (QED) is 0.855. The number of likely N-dealkylation sites (tertiary alicyclic amines) is 1. The van der Waals surface area contributed by atoms with Gasteiger partial charge in [-0.1, -0.05) is 18.2 Å². The molecule has 0 bridgehead atoms. The first-order valence-electron chi connectivity index (χ1n) is 7.16. The molecule has 1 aliphatic heterocycles. The van der Waals surface area contributed by atoms with E-state index in [4.69, 9.17) is 0 Å². The lowest BCUT2D eigenvalue weighted by Crippen LogP contribution is -2.45. The van der Waals surface area contributed by atoms with Crippen LogP contribution < -0.4 is 10.0 Å². The third-order valence-corrected chi connectivity index (χ3v) is 4.18. The summed E-state index contributed by atoms with van der Waals surface area (Å²) in [6, 6.07) is 4.96. The van der Waals surface area contributed by atoms with E-state index in [1.807, 2.05) is 0 Å². The van der Waals surface area contributed by atoms with Crippen LogP contribution in [0.25, 0.3) is 0 Å². The molecule has 1 aromatic carbocycles. The van der Waals surface area contributed by atoms with Crippen molar-refractivity contribution in [3.63, 3.8) is 0 Å². The van der Waals surface area contributed by atoms with E-state index in [1.165, 1.54) is 0 Å². The molecule has 1 atom stereocenters. The van der Waals surface area contributed by atoms with Gasteiger partial charge in [-0.25, -0.2) is 22.0 Å². The minimum absolute atomic E-state index is 0.0456. The molecule has 0 aromatic heterocycles. The van der Waals surface area contributed by atoms with Gasteiger partial charge in [-0.2, -0.15) is 0 Å². The predicted molar refractivity (Wildman–Crippen MR) is 82.9 cm³/mol. The fourth-order valence-electron chi connectivity index (χ4n) is 2.55. The van der Waals surface area contributed by atoms with E-state index in [0.29, 0.717) is 24.2 Å².